The number of carbonyl (C=O) groups excluding carboxylic acids is 1. The number of hydrogen-bond acceptors (Lipinski definition) is 5. The first-order valence-electron chi connectivity index (χ1n) is 5.61. The molecule has 7 heteroatoms. The van der Waals surface area contributed by atoms with E-state index < -0.39 is 4.92 Å². The Morgan fingerprint density at radius 1 is 1.37 bits per heavy atom. The van der Waals surface area contributed by atoms with E-state index in [1.54, 1.807) is 12.1 Å². The minimum absolute atomic E-state index is 0. The molecule has 6 nitrogen and oxygen atoms in total. The zero-order valence-corrected chi connectivity index (χ0v) is 11.6. The molecule has 0 saturated heterocycles. The highest BCUT2D eigenvalue weighted by atomic mass is 35.5. The van der Waals surface area contributed by atoms with E-state index in [4.69, 9.17) is 4.74 Å². The van der Waals surface area contributed by atoms with E-state index in [1.165, 1.54) is 12.1 Å². The molecule has 1 aromatic carbocycles. The lowest BCUT2D eigenvalue weighted by Gasteiger charge is -2.08. The van der Waals surface area contributed by atoms with E-state index >= 15 is 0 Å². The minimum atomic E-state index is -0.470. The maximum absolute atomic E-state index is 11.3. The first-order chi connectivity index (χ1) is 8.49. The van der Waals surface area contributed by atoms with Crippen molar-refractivity contribution in [3.63, 3.8) is 0 Å². The molecule has 106 valence electrons. The Balaban J connectivity index is 0.00000324. The van der Waals surface area contributed by atoms with Crippen LogP contribution in [0, 0.1) is 10.1 Å². The minimum Gasteiger partial charge on any atom is -0.460 e. The van der Waals surface area contributed by atoms with Gasteiger partial charge in [-0.3, -0.25) is 14.9 Å². The zero-order valence-electron chi connectivity index (χ0n) is 10.8. The van der Waals surface area contributed by atoms with Crippen LogP contribution in [0.5, 0.6) is 0 Å². The highest BCUT2D eigenvalue weighted by Crippen LogP contribution is 2.12. The summed E-state index contributed by atoms with van der Waals surface area (Å²) in [5.74, 6) is -0.345. The number of nitrogens with one attached hydrogen (secondary N) is 1. The standard InChI is InChI=1S/C12H16N2O4.ClH/c1-9(2)13-7-12(15)18-8-10-3-5-11(6-4-10)14(16)17;/h3-6,9,13H,7-8H2,1-2H3;1H. The number of benzene rings is 1. The number of hydrogen-bond donors (Lipinski definition) is 1. The summed E-state index contributed by atoms with van der Waals surface area (Å²) in [6.45, 7) is 4.15. The van der Waals surface area contributed by atoms with Gasteiger partial charge in [-0.15, -0.1) is 12.4 Å². The van der Waals surface area contributed by atoms with Gasteiger partial charge in [-0.2, -0.15) is 0 Å². The number of ether oxygens (including phenoxy) is 1. The van der Waals surface area contributed by atoms with Gasteiger partial charge in [-0.05, 0) is 17.7 Å². The number of nitro benzene ring substituents is 1. The van der Waals surface area contributed by atoms with Crippen LogP contribution in [-0.2, 0) is 16.1 Å². The third-order valence-electron chi connectivity index (χ3n) is 2.20. The molecular weight excluding hydrogens is 272 g/mol. The second-order valence-corrected chi connectivity index (χ2v) is 4.12. The summed E-state index contributed by atoms with van der Waals surface area (Å²) in [5.41, 5.74) is 0.741. The van der Waals surface area contributed by atoms with Crippen molar-refractivity contribution in [2.45, 2.75) is 26.5 Å². The van der Waals surface area contributed by atoms with Crippen molar-refractivity contribution < 1.29 is 14.5 Å². The largest absolute Gasteiger partial charge is 0.460 e. The molecule has 19 heavy (non-hydrogen) atoms. The molecule has 0 aliphatic rings. The number of carbonyl (C=O) groups is 1. The van der Waals surface area contributed by atoms with Gasteiger partial charge in [0.2, 0.25) is 0 Å². The summed E-state index contributed by atoms with van der Waals surface area (Å²) in [6, 6.07) is 6.13. The van der Waals surface area contributed by atoms with E-state index in [9.17, 15) is 14.9 Å². The number of esters is 1. The van der Waals surface area contributed by atoms with Gasteiger partial charge in [0.05, 0.1) is 11.5 Å². The van der Waals surface area contributed by atoms with Crippen LogP contribution in [0.1, 0.15) is 19.4 Å². The van der Waals surface area contributed by atoms with Crippen molar-refractivity contribution in [1.29, 1.82) is 0 Å². The second kappa shape index (κ2) is 8.44. The van der Waals surface area contributed by atoms with Crippen LogP contribution in [0.15, 0.2) is 24.3 Å². The quantitative estimate of drug-likeness (QED) is 0.492. The molecule has 1 aromatic rings. The Labute approximate surface area is 117 Å². The first-order valence-corrected chi connectivity index (χ1v) is 5.61. The van der Waals surface area contributed by atoms with Crippen molar-refractivity contribution in [3.8, 4) is 0 Å². The third-order valence-corrected chi connectivity index (χ3v) is 2.20. The molecule has 1 rings (SSSR count). The van der Waals surface area contributed by atoms with Gasteiger partial charge in [0.15, 0.2) is 0 Å². The van der Waals surface area contributed by atoms with Crippen LogP contribution in [0.2, 0.25) is 0 Å². The van der Waals surface area contributed by atoms with Crippen LogP contribution >= 0.6 is 12.4 Å². The molecule has 0 radical (unpaired) electrons. The van der Waals surface area contributed by atoms with E-state index in [1.807, 2.05) is 13.8 Å². The fraction of sp³-hybridized carbons (Fsp3) is 0.417. The Hall–Kier alpha value is -1.66. The lowest BCUT2D eigenvalue weighted by molar-refractivity contribution is -0.384. The highest BCUT2D eigenvalue weighted by molar-refractivity contribution is 5.85. The number of rotatable bonds is 6. The van der Waals surface area contributed by atoms with Crippen molar-refractivity contribution in [2.75, 3.05) is 6.54 Å². The lowest BCUT2D eigenvalue weighted by Crippen LogP contribution is -2.30. The van der Waals surface area contributed by atoms with Crippen molar-refractivity contribution in [1.82, 2.24) is 5.32 Å². The molecule has 0 fully saturated rings. The van der Waals surface area contributed by atoms with Gasteiger partial charge in [-0.1, -0.05) is 13.8 Å². The average molecular weight is 289 g/mol. The fourth-order valence-corrected chi connectivity index (χ4v) is 1.22. The van der Waals surface area contributed by atoms with E-state index in [-0.39, 0.29) is 43.3 Å². The molecule has 0 aliphatic carbocycles. The van der Waals surface area contributed by atoms with E-state index in [0.29, 0.717) is 0 Å². The highest BCUT2D eigenvalue weighted by Gasteiger charge is 2.06. The molecule has 0 bridgehead atoms. The Morgan fingerprint density at radius 3 is 2.42 bits per heavy atom. The number of nitrogens with zero attached hydrogens (tertiary/aromatic N) is 1. The van der Waals surface area contributed by atoms with Gasteiger partial charge in [0.1, 0.15) is 6.61 Å². The number of halogens is 1. The maximum Gasteiger partial charge on any atom is 0.320 e. The summed E-state index contributed by atoms with van der Waals surface area (Å²) < 4.78 is 5.01. The van der Waals surface area contributed by atoms with Gasteiger partial charge >= 0.3 is 5.97 Å². The molecule has 0 spiro atoms. The monoisotopic (exact) mass is 288 g/mol. The van der Waals surface area contributed by atoms with Gasteiger partial charge in [-0.25, -0.2) is 0 Å². The molecule has 0 aliphatic heterocycles. The van der Waals surface area contributed by atoms with Gasteiger partial charge < -0.3 is 10.1 Å². The molecule has 1 N–H and O–H groups in total. The predicted octanol–water partition coefficient (Wildman–Crippen LogP) is 2.06. The first kappa shape index (κ1) is 17.3. The van der Waals surface area contributed by atoms with Crippen LogP contribution in [0.4, 0.5) is 5.69 Å². The predicted molar refractivity (Wildman–Crippen MR) is 73.3 cm³/mol. The van der Waals surface area contributed by atoms with Crippen LogP contribution < -0.4 is 5.32 Å². The van der Waals surface area contributed by atoms with Crippen LogP contribution in [0.3, 0.4) is 0 Å². The van der Waals surface area contributed by atoms with Gasteiger partial charge in [0.25, 0.3) is 5.69 Å². The SMILES string of the molecule is CC(C)NCC(=O)OCc1ccc([N+](=O)[O-])cc1.Cl. The third kappa shape index (κ3) is 6.73. The Kier molecular flexibility index (Phi) is 7.71. The smallest absolute Gasteiger partial charge is 0.320 e. The Morgan fingerprint density at radius 2 is 1.95 bits per heavy atom. The zero-order chi connectivity index (χ0) is 13.5. The van der Waals surface area contributed by atoms with E-state index in [0.717, 1.165) is 5.56 Å². The van der Waals surface area contributed by atoms with Gasteiger partial charge in [0, 0.05) is 18.2 Å². The normalized spacial score (nSPS) is 9.84. The Bertz CT molecular complexity index is 420. The van der Waals surface area contributed by atoms with Crippen LogP contribution in [0.25, 0.3) is 0 Å². The number of nitro groups is 1. The molecule has 0 atom stereocenters. The topological polar surface area (TPSA) is 81.5 Å². The summed E-state index contributed by atoms with van der Waals surface area (Å²) in [5, 5.41) is 13.4. The fourth-order valence-electron chi connectivity index (χ4n) is 1.22. The lowest BCUT2D eigenvalue weighted by atomic mass is 10.2. The average Bonchev–Trinajstić information content (AvgIpc) is 2.34. The molecular formula is C12H17ClN2O4. The molecule has 0 amide bonds. The molecule has 0 heterocycles. The van der Waals surface area contributed by atoms with Crippen molar-refractivity contribution >= 4 is 24.1 Å². The molecule has 0 aromatic heterocycles. The van der Waals surface area contributed by atoms with Crippen molar-refractivity contribution in [2.24, 2.45) is 0 Å². The molecule has 0 saturated carbocycles. The summed E-state index contributed by atoms with van der Waals surface area (Å²) in [7, 11) is 0. The summed E-state index contributed by atoms with van der Waals surface area (Å²) in [4.78, 5) is 21.3. The van der Waals surface area contributed by atoms with Crippen molar-refractivity contribution in [3.05, 3.63) is 39.9 Å². The summed E-state index contributed by atoms with van der Waals surface area (Å²) >= 11 is 0. The summed E-state index contributed by atoms with van der Waals surface area (Å²) in [6.07, 6.45) is 0. The maximum atomic E-state index is 11.3. The van der Waals surface area contributed by atoms with Crippen LogP contribution in [-0.4, -0.2) is 23.5 Å². The second-order valence-electron chi connectivity index (χ2n) is 4.12. The number of non-ortho nitro benzene ring substituents is 1. The van der Waals surface area contributed by atoms with E-state index in [2.05, 4.69) is 5.32 Å². The molecule has 0 unspecified atom stereocenters.